The molecule has 1 saturated heterocycles. The zero-order chi connectivity index (χ0) is 15.3. The lowest BCUT2D eigenvalue weighted by Crippen LogP contribution is -2.37. The van der Waals surface area contributed by atoms with Crippen molar-refractivity contribution in [2.75, 3.05) is 13.1 Å². The second-order valence-corrected chi connectivity index (χ2v) is 8.46. The van der Waals surface area contributed by atoms with E-state index in [9.17, 15) is 18.3 Å². The number of aromatic nitrogens is 1. The predicted molar refractivity (Wildman–Crippen MR) is 78.1 cm³/mol. The highest BCUT2D eigenvalue weighted by atomic mass is 79.9. The van der Waals surface area contributed by atoms with E-state index in [4.69, 9.17) is 0 Å². The van der Waals surface area contributed by atoms with Gasteiger partial charge < -0.3 is 5.11 Å². The van der Waals surface area contributed by atoms with E-state index in [2.05, 4.69) is 20.9 Å². The van der Waals surface area contributed by atoms with E-state index in [1.807, 2.05) is 0 Å². The van der Waals surface area contributed by atoms with Crippen LogP contribution in [-0.4, -0.2) is 41.9 Å². The van der Waals surface area contributed by atoms with Gasteiger partial charge in [-0.05, 0) is 46.8 Å². The van der Waals surface area contributed by atoms with Gasteiger partial charge in [0.1, 0.15) is 0 Å². The summed E-state index contributed by atoms with van der Waals surface area (Å²) >= 11 is 3.21. The molecular weight excluding hydrogens is 360 g/mol. The molecule has 1 saturated carbocycles. The van der Waals surface area contributed by atoms with Crippen LogP contribution >= 0.6 is 15.9 Å². The Morgan fingerprint density at radius 2 is 2.24 bits per heavy atom. The molecule has 0 amide bonds. The van der Waals surface area contributed by atoms with Gasteiger partial charge in [0.15, 0.2) is 5.03 Å². The molecule has 6 nitrogen and oxygen atoms in total. The summed E-state index contributed by atoms with van der Waals surface area (Å²) in [6, 6.07) is 3.05. The molecule has 2 atom stereocenters. The van der Waals surface area contributed by atoms with Gasteiger partial charge in [-0.2, -0.15) is 4.31 Å². The van der Waals surface area contributed by atoms with Gasteiger partial charge in [-0.1, -0.05) is 6.42 Å². The number of carboxylic acids is 1. The van der Waals surface area contributed by atoms with E-state index >= 15 is 0 Å². The molecule has 3 rings (SSSR count). The molecule has 0 aromatic carbocycles. The fourth-order valence-corrected chi connectivity index (χ4v) is 5.12. The zero-order valence-electron chi connectivity index (χ0n) is 11.2. The van der Waals surface area contributed by atoms with Crippen LogP contribution in [-0.2, 0) is 14.8 Å². The standard InChI is InChI=1S/C13H15BrN2O4S/c14-10-3-4-11(15-6-10)21(19,20)16-7-9-2-1-5-13(9,8-16)12(17)18/h3-4,6,9H,1-2,5,7-8H2,(H,17,18)/t9-,13+/m0/s1. The van der Waals surface area contributed by atoms with E-state index in [0.717, 1.165) is 12.8 Å². The lowest BCUT2D eigenvalue weighted by Gasteiger charge is -2.23. The molecule has 2 heterocycles. The minimum absolute atomic E-state index is 0.0359. The van der Waals surface area contributed by atoms with Gasteiger partial charge in [0, 0.05) is 23.8 Å². The van der Waals surface area contributed by atoms with Gasteiger partial charge in [0.2, 0.25) is 0 Å². The topological polar surface area (TPSA) is 87.6 Å². The molecule has 0 spiro atoms. The molecule has 0 radical (unpaired) electrons. The number of carbonyl (C=O) groups is 1. The van der Waals surface area contributed by atoms with Crippen molar-refractivity contribution < 1.29 is 18.3 Å². The summed E-state index contributed by atoms with van der Waals surface area (Å²) in [4.78, 5) is 15.5. The smallest absolute Gasteiger partial charge is 0.311 e. The molecule has 2 fully saturated rings. The molecular formula is C13H15BrN2O4S. The van der Waals surface area contributed by atoms with Gasteiger partial charge in [-0.3, -0.25) is 4.79 Å². The van der Waals surface area contributed by atoms with Gasteiger partial charge in [0.05, 0.1) is 5.41 Å². The Morgan fingerprint density at radius 3 is 2.81 bits per heavy atom. The molecule has 1 aliphatic carbocycles. The lowest BCUT2D eigenvalue weighted by atomic mass is 9.81. The number of halogens is 1. The Labute approximate surface area is 131 Å². The average molecular weight is 375 g/mol. The maximum absolute atomic E-state index is 12.6. The number of nitrogens with zero attached hydrogens (tertiary/aromatic N) is 2. The molecule has 21 heavy (non-hydrogen) atoms. The average Bonchev–Trinajstić information content (AvgIpc) is 2.96. The number of carboxylic acid groups (broad SMARTS) is 1. The Balaban J connectivity index is 1.92. The number of pyridine rings is 1. The number of fused-ring (bicyclic) bond motifs is 1. The molecule has 1 aliphatic heterocycles. The predicted octanol–water partition coefficient (Wildman–Crippen LogP) is 1.72. The van der Waals surface area contributed by atoms with Crippen molar-refractivity contribution in [1.82, 2.24) is 9.29 Å². The van der Waals surface area contributed by atoms with Gasteiger partial charge >= 0.3 is 5.97 Å². The normalized spacial score (nSPS) is 29.5. The second-order valence-electron chi connectivity index (χ2n) is 5.66. The first-order chi connectivity index (χ1) is 9.86. The van der Waals surface area contributed by atoms with Crippen LogP contribution in [0.25, 0.3) is 0 Å². The van der Waals surface area contributed by atoms with Crippen LogP contribution in [0.1, 0.15) is 19.3 Å². The Hall–Kier alpha value is -0.990. The first-order valence-corrected chi connectivity index (χ1v) is 8.95. The molecule has 8 heteroatoms. The SMILES string of the molecule is O=C(O)[C@@]12CCC[C@H]1CN(S(=O)(=O)c1ccc(Br)cn1)C2. The van der Waals surface area contributed by atoms with E-state index in [1.54, 1.807) is 6.07 Å². The maximum atomic E-state index is 12.6. The van der Waals surface area contributed by atoms with Crippen molar-refractivity contribution in [2.24, 2.45) is 11.3 Å². The summed E-state index contributed by atoms with van der Waals surface area (Å²) in [6.45, 7) is 0.319. The summed E-state index contributed by atoms with van der Waals surface area (Å²) in [5.41, 5.74) is -0.914. The van der Waals surface area contributed by atoms with Crippen LogP contribution in [0.3, 0.4) is 0 Å². The molecule has 2 aliphatic rings. The van der Waals surface area contributed by atoms with E-state index < -0.39 is 21.4 Å². The minimum atomic E-state index is -3.73. The third-order valence-electron chi connectivity index (χ3n) is 4.57. The van der Waals surface area contributed by atoms with Crippen molar-refractivity contribution >= 4 is 31.9 Å². The Kier molecular flexibility index (Phi) is 3.58. The molecule has 114 valence electrons. The fraction of sp³-hybridized carbons (Fsp3) is 0.538. The Morgan fingerprint density at radius 1 is 1.48 bits per heavy atom. The largest absolute Gasteiger partial charge is 0.481 e. The van der Waals surface area contributed by atoms with Crippen LogP contribution in [0.2, 0.25) is 0 Å². The van der Waals surface area contributed by atoms with E-state index in [1.165, 1.54) is 16.6 Å². The van der Waals surface area contributed by atoms with Crippen LogP contribution in [0, 0.1) is 11.3 Å². The summed E-state index contributed by atoms with van der Waals surface area (Å²) in [5, 5.41) is 9.49. The lowest BCUT2D eigenvalue weighted by molar-refractivity contribution is -0.149. The third-order valence-corrected chi connectivity index (χ3v) is 6.77. The molecule has 1 aromatic rings. The maximum Gasteiger partial charge on any atom is 0.311 e. The Bertz CT molecular complexity index is 676. The van der Waals surface area contributed by atoms with Crippen molar-refractivity contribution in [3.05, 3.63) is 22.8 Å². The van der Waals surface area contributed by atoms with Gasteiger partial charge in [0.25, 0.3) is 10.0 Å². The number of hydrogen-bond acceptors (Lipinski definition) is 4. The summed E-state index contributed by atoms with van der Waals surface area (Å²) in [6.07, 6.45) is 3.59. The first kappa shape index (κ1) is 14.9. The zero-order valence-corrected chi connectivity index (χ0v) is 13.6. The fourth-order valence-electron chi connectivity index (χ4n) is 3.42. The molecule has 1 N–H and O–H groups in total. The highest BCUT2D eigenvalue weighted by molar-refractivity contribution is 9.10. The monoisotopic (exact) mass is 374 g/mol. The summed E-state index contributed by atoms with van der Waals surface area (Å²) < 4.78 is 27.2. The molecule has 1 aromatic heterocycles. The van der Waals surface area contributed by atoms with Crippen LogP contribution < -0.4 is 0 Å². The van der Waals surface area contributed by atoms with Crippen LogP contribution in [0.15, 0.2) is 27.8 Å². The van der Waals surface area contributed by atoms with E-state index in [-0.39, 0.29) is 24.0 Å². The van der Waals surface area contributed by atoms with Crippen molar-refractivity contribution in [2.45, 2.75) is 24.3 Å². The quantitative estimate of drug-likeness (QED) is 0.869. The van der Waals surface area contributed by atoms with Crippen molar-refractivity contribution in [3.8, 4) is 0 Å². The second kappa shape index (κ2) is 5.03. The minimum Gasteiger partial charge on any atom is -0.481 e. The van der Waals surface area contributed by atoms with Gasteiger partial charge in [-0.25, -0.2) is 13.4 Å². The highest BCUT2D eigenvalue weighted by Gasteiger charge is 2.57. The number of sulfonamides is 1. The van der Waals surface area contributed by atoms with Gasteiger partial charge in [-0.15, -0.1) is 0 Å². The number of rotatable bonds is 3. The number of aliphatic carboxylic acids is 1. The third kappa shape index (κ3) is 2.29. The van der Waals surface area contributed by atoms with E-state index in [0.29, 0.717) is 10.9 Å². The van der Waals surface area contributed by atoms with Crippen LogP contribution in [0.4, 0.5) is 0 Å². The number of hydrogen-bond donors (Lipinski definition) is 1. The summed E-state index contributed by atoms with van der Waals surface area (Å²) in [5.74, 6) is -0.980. The highest BCUT2D eigenvalue weighted by Crippen LogP contribution is 2.49. The first-order valence-electron chi connectivity index (χ1n) is 6.71. The van der Waals surface area contributed by atoms with Crippen molar-refractivity contribution in [3.63, 3.8) is 0 Å². The van der Waals surface area contributed by atoms with Crippen molar-refractivity contribution in [1.29, 1.82) is 0 Å². The summed E-state index contributed by atoms with van der Waals surface area (Å²) in [7, 11) is -3.73. The van der Waals surface area contributed by atoms with Crippen LogP contribution in [0.5, 0.6) is 0 Å². The molecule has 0 unspecified atom stereocenters. The molecule has 0 bridgehead atoms.